The number of primary sulfonamides is 1. The molecule has 0 saturated carbocycles. The molecule has 2 unspecified atom stereocenters. The highest BCUT2D eigenvalue weighted by atomic mass is 35.5. The smallest absolute Gasteiger partial charge is 0.238 e. The Morgan fingerprint density at radius 2 is 1.84 bits per heavy atom. The highest BCUT2D eigenvalue weighted by molar-refractivity contribution is 7.89. The first-order valence-corrected chi connectivity index (χ1v) is 7.83. The zero-order valence-corrected chi connectivity index (χ0v) is 12.3. The van der Waals surface area contributed by atoms with Crippen LogP contribution in [0.25, 0.3) is 0 Å². The molecule has 0 aliphatic rings. The maximum absolute atomic E-state index is 11.7. The number of amides is 1. The normalized spacial score (nSPS) is 14.7. The molecular weight excluding hydrogens is 288 g/mol. The van der Waals surface area contributed by atoms with E-state index in [1.807, 2.05) is 6.92 Å². The van der Waals surface area contributed by atoms with Crippen molar-refractivity contribution in [1.82, 2.24) is 5.32 Å². The van der Waals surface area contributed by atoms with Crippen molar-refractivity contribution in [3.05, 3.63) is 29.8 Å². The number of carbonyl (C=O) groups is 1. The maximum atomic E-state index is 11.7. The Morgan fingerprint density at radius 1 is 1.32 bits per heavy atom. The third-order valence-electron chi connectivity index (χ3n) is 2.75. The van der Waals surface area contributed by atoms with E-state index < -0.39 is 10.0 Å². The molecule has 0 aromatic heterocycles. The Kier molecular flexibility index (Phi) is 5.34. The number of sulfonamides is 1. The lowest BCUT2D eigenvalue weighted by molar-refractivity contribution is -0.124. The SMILES string of the molecule is CC(CCl)C(=O)NC(C)c1ccc(S(N)(=O)=O)cc1. The van der Waals surface area contributed by atoms with Gasteiger partial charge in [0, 0.05) is 11.8 Å². The lowest BCUT2D eigenvalue weighted by Gasteiger charge is -2.17. The van der Waals surface area contributed by atoms with Gasteiger partial charge in [-0.2, -0.15) is 0 Å². The van der Waals surface area contributed by atoms with Crippen molar-refractivity contribution in [2.45, 2.75) is 24.8 Å². The Bertz CT molecular complexity index is 543. The van der Waals surface area contributed by atoms with Gasteiger partial charge in [-0.3, -0.25) is 4.79 Å². The molecule has 0 spiro atoms. The minimum Gasteiger partial charge on any atom is -0.349 e. The van der Waals surface area contributed by atoms with Crippen LogP contribution in [0.4, 0.5) is 0 Å². The number of halogens is 1. The van der Waals surface area contributed by atoms with E-state index in [0.29, 0.717) is 0 Å². The van der Waals surface area contributed by atoms with Gasteiger partial charge in [-0.15, -0.1) is 11.6 Å². The molecular formula is C12H17ClN2O3S. The van der Waals surface area contributed by atoms with Crippen molar-refractivity contribution in [3.63, 3.8) is 0 Å². The summed E-state index contributed by atoms with van der Waals surface area (Å²) in [7, 11) is -3.69. The first kappa shape index (κ1) is 15.9. The van der Waals surface area contributed by atoms with Gasteiger partial charge in [0.15, 0.2) is 0 Å². The summed E-state index contributed by atoms with van der Waals surface area (Å²) in [5, 5.41) is 7.81. The van der Waals surface area contributed by atoms with Gasteiger partial charge < -0.3 is 5.32 Å². The van der Waals surface area contributed by atoms with E-state index >= 15 is 0 Å². The van der Waals surface area contributed by atoms with Gasteiger partial charge in [0.25, 0.3) is 0 Å². The molecule has 0 aliphatic heterocycles. The quantitative estimate of drug-likeness (QED) is 0.805. The summed E-state index contributed by atoms with van der Waals surface area (Å²) >= 11 is 5.61. The summed E-state index contributed by atoms with van der Waals surface area (Å²) in [6.45, 7) is 3.55. The molecule has 5 nitrogen and oxygen atoms in total. The Labute approximate surface area is 118 Å². The van der Waals surface area contributed by atoms with E-state index in [4.69, 9.17) is 16.7 Å². The van der Waals surface area contributed by atoms with Crippen molar-refractivity contribution in [2.75, 3.05) is 5.88 Å². The average Bonchev–Trinajstić information content (AvgIpc) is 2.36. The predicted octanol–water partition coefficient (Wildman–Crippen LogP) is 1.39. The summed E-state index contributed by atoms with van der Waals surface area (Å²) in [5.41, 5.74) is 0.794. The van der Waals surface area contributed by atoms with E-state index in [9.17, 15) is 13.2 Å². The van der Waals surface area contributed by atoms with E-state index in [2.05, 4.69) is 5.32 Å². The van der Waals surface area contributed by atoms with Gasteiger partial charge in [-0.25, -0.2) is 13.6 Å². The molecule has 0 bridgehead atoms. The molecule has 3 N–H and O–H groups in total. The van der Waals surface area contributed by atoms with Gasteiger partial charge in [0.05, 0.1) is 10.9 Å². The lowest BCUT2D eigenvalue weighted by atomic mass is 10.1. The highest BCUT2D eigenvalue weighted by Gasteiger charge is 2.15. The van der Waals surface area contributed by atoms with Crippen LogP contribution in [0.2, 0.25) is 0 Å². The molecule has 0 saturated heterocycles. The van der Waals surface area contributed by atoms with E-state index in [0.717, 1.165) is 5.56 Å². The summed E-state index contributed by atoms with van der Waals surface area (Å²) in [6, 6.07) is 5.84. The van der Waals surface area contributed by atoms with E-state index in [-0.39, 0.29) is 28.6 Å². The molecule has 1 aromatic carbocycles. The first-order valence-electron chi connectivity index (χ1n) is 5.74. The Hall–Kier alpha value is -1.11. The topological polar surface area (TPSA) is 89.3 Å². The number of benzene rings is 1. The second kappa shape index (κ2) is 6.36. The zero-order chi connectivity index (χ0) is 14.6. The summed E-state index contributed by atoms with van der Waals surface area (Å²) in [5.74, 6) is -0.158. The number of carbonyl (C=O) groups excluding carboxylic acids is 1. The lowest BCUT2D eigenvalue weighted by Crippen LogP contribution is -2.32. The molecule has 0 heterocycles. The van der Waals surface area contributed by atoms with Crippen LogP contribution >= 0.6 is 11.6 Å². The molecule has 7 heteroatoms. The van der Waals surface area contributed by atoms with Crippen LogP contribution in [0.15, 0.2) is 29.2 Å². The van der Waals surface area contributed by atoms with Gasteiger partial charge in [-0.05, 0) is 24.6 Å². The van der Waals surface area contributed by atoms with Gasteiger partial charge in [0.1, 0.15) is 0 Å². The third-order valence-corrected chi connectivity index (χ3v) is 4.14. The largest absolute Gasteiger partial charge is 0.349 e. The fourth-order valence-corrected chi connectivity index (χ4v) is 2.11. The minimum absolute atomic E-state index is 0.0453. The second-order valence-corrected chi connectivity index (χ2v) is 6.27. The summed E-state index contributed by atoms with van der Waals surface area (Å²) < 4.78 is 22.2. The molecule has 0 radical (unpaired) electrons. The minimum atomic E-state index is -3.69. The van der Waals surface area contributed by atoms with Gasteiger partial charge >= 0.3 is 0 Å². The Balaban J connectivity index is 2.79. The standard InChI is InChI=1S/C12H17ClN2O3S/c1-8(7-13)12(16)15-9(2)10-3-5-11(6-4-10)19(14,17)18/h3-6,8-9H,7H2,1-2H3,(H,15,16)(H2,14,17,18). The zero-order valence-electron chi connectivity index (χ0n) is 10.8. The van der Waals surface area contributed by atoms with Crippen LogP contribution < -0.4 is 10.5 Å². The predicted molar refractivity (Wildman–Crippen MR) is 74.3 cm³/mol. The van der Waals surface area contributed by atoms with Crippen molar-refractivity contribution < 1.29 is 13.2 Å². The van der Waals surface area contributed by atoms with E-state index in [1.165, 1.54) is 12.1 Å². The summed E-state index contributed by atoms with van der Waals surface area (Å²) in [6.07, 6.45) is 0. The van der Waals surface area contributed by atoms with Crippen LogP contribution in [0, 0.1) is 5.92 Å². The van der Waals surface area contributed by atoms with Gasteiger partial charge in [0.2, 0.25) is 15.9 Å². The first-order chi connectivity index (χ1) is 8.75. The Morgan fingerprint density at radius 3 is 2.26 bits per heavy atom. The number of hydrogen-bond donors (Lipinski definition) is 2. The van der Waals surface area contributed by atoms with E-state index in [1.54, 1.807) is 19.1 Å². The molecule has 2 atom stereocenters. The maximum Gasteiger partial charge on any atom is 0.238 e. The molecule has 19 heavy (non-hydrogen) atoms. The van der Waals surface area contributed by atoms with Crippen molar-refractivity contribution in [1.29, 1.82) is 0 Å². The van der Waals surface area contributed by atoms with Gasteiger partial charge in [-0.1, -0.05) is 19.1 Å². The fraction of sp³-hybridized carbons (Fsp3) is 0.417. The average molecular weight is 305 g/mol. The van der Waals surface area contributed by atoms with Crippen LogP contribution in [-0.4, -0.2) is 20.2 Å². The fourth-order valence-electron chi connectivity index (χ4n) is 1.46. The van der Waals surface area contributed by atoms with Crippen molar-refractivity contribution in [3.8, 4) is 0 Å². The van der Waals surface area contributed by atoms with Crippen molar-refractivity contribution >= 4 is 27.5 Å². The second-order valence-electron chi connectivity index (χ2n) is 4.40. The molecule has 1 amide bonds. The van der Waals surface area contributed by atoms with Crippen LogP contribution in [-0.2, 0) is 14.8 Å². The van der Waals surface area contributed by atoms with Crippen LogP contribution in [0.1, 0.15) is 25.5 Å². The number of nitrogens with one attached hydrogen (secondary N) is 1. The number of hydrogen-bond acceptors (Lipinski definition) is 3. The number of rotatable bonds is 5. The molecule has 0 aliphatic carbocycles. The summed E-state index contributed by atoms with van der Waals surface area (Å²) in [4.78, 5) is 11.7. The molecule has 1 aromatic rings. The molecule has 0 fully saturated rings. The number of alkyl halides is 1. The highest BCUT2D eigenvalue weighted by Crippen LogP contribution is 2.16. The third kappa shape index (κ3) is 4.49. The monoisotopic (exact) mass is 304 g/mol. The van der Waals surface area contributed by atoms with Crippen LogP contribution in [0.3, 0.4) is 0 Å². The van der Waals surface area contributed by atoms with Crippen LogP contribution in [0.5, 0.6) is 0 Å². The number of nitrogens with two attached hydrogens (primary N) is 1. The molecule has 106 valence electrons. The van der Waals surface area contributed by atoms with Crippen molar-refractivity contribution in [2.24, 2.45) is 11.1 Å². The molecule has 1 rings (SSSR count).